The van der Waals surface area contributed by atoms with Gasteiger partial charge in [-0.15, -0.1) is 0 Å². The molecule has 0 unspecified atom stereocenters. The van der Waals surface area contributed by atoms with Crippen LogP contribution in [0.25, 0.3) is 0 Å². The Morgan fingerprint density at radius 1 is 0.923 bits per heavy atom. The predicted octanol–water partition coefficient (Wildman–Crippen LogP) is 3.26. The molecule has 26 heavy (non-hydrogen) atoms. The van der Waals surface area contributed by atoms with Crippen LogP contribution < -0.4 is 16.0 Å². The summed E-state index contributed by atoms with van der Waals surface area (Å²) in [4.78, 5) is 23.7. The summed E-state index contributed by atoms with van der Waals surface area (Å²) in [6.45, 7) is 0.625. The molecular weight excluding hydrogens is 326 g/mol. The highest BCUT2D eigenvalue weighted by Gasteiger charge is 2.22. The molecule has 136 valence electrons. The van der Waals surface area contributed by atoms with Crippen molar-refractivity contribution in [1.82, 2.24) is 10.6 Å². The number of rotatable bonds is 8. The highest BCUT2D eigenvalue weighted by atomic mass is 16.2. The van der Waals surface area contributed by atoms with Crippen LogP contribution in [0.4, 0.5) is 10.5 Å². The molecule has 0 heterocycles. The molecule has 5 nitrogen and oxygen atoms in total. The van der Waals surface area contributed by atoms with Crippen LogP contribution in [0.2, 0.25) is 0 Å². The van der Waals surface area contributed by atoms with Gasteiger partial charge in [0.2, 0.25) is 5.91 Å². The summed E-state index contributed by atoms with van der Waals surface area (Å²) in [5.74, 6) is 0.0596. The van der Waals surface area contributed by atoms with Gasteiger partial charge in [0.1, 0.15) is 0 Å². The van der Waals surface area contributed by atoms with Gasteiger partial charge in [0.15, 0.2) is 0 Å². The summed E-state index contributed by atoms with van der Waals surface area (Å²) in [6.07, 6.45) is 4.40. The molecule has 5 heteroatoms. The standard InChI is InChI=1S/C21H25N3O2/c25-20(23-18-12-13-18)15-17-8-10-19(11-9-17)24-21(26)22-14-4-7-16-5-2-1-3-6-16/h1-3,5-6,8-11,18H,4,7,12-15H2,(H,23,25)(H2,22,24,26). The van der Waals surface area contributed by atoms with Gasteiger partial charge in [-0.2, -0.15) is 0 Å². The van der Waals surface area contributed by atoms with Crippen molar-refractivity contribution in [2.24, 2.45) is 0 Å². The molecule has 1 saturated carbocycles. The molecule has 1 fully saturated rings. The van der Waals surface area contributed by atoms with E-state index in [9.17, 15) is 9.59 Å². The van der Waals surface area contributed by atoms with Gasteiger partial charge in [0.25, 0.3) is 0 Å². The molecule has 2 aromatic carbocycles. The molecule has 3 rings (SSSR count). The van der Waals surface area contributed by atoms with Crippen LogP contribution in [0, 0.1) is 0 Å². The highest BCUT2D eigenvalue weighted by Crippen LogP contribution is 2.19. The van der Waals surface area contributed by atoms with E-state index in [1.807, 2.05) is 42.5 Å². The lowest BCUT2D eigenvalue weighted by atomic mass is 10.1. The molecule has 3 N–H and O–H groups in total. The third-order valence-electron chi connectivity index (χ3n) is 4.29. The van der Waals surface area contributed by atoms with Crippen LogP contribution in [0.5, 0.6) is 0 Å². The molecule has 0 bridgehead atoms. The number of urea groups is 1. The maximum absolute atomic E-state index is 11.9. The number of aryl methyl sites for hydroxylation is 1. The van der Waals surface area contributed by atoms with E-state index in [-0.39, 0.29) is 11.9 Å². The minimum Gasteiger partial charge on any atom is -0.353 e. The van der Waals surface area contributed by atoms with Gasteiger partial charge in [-0.3, -0.25) is 4.79 Å². The molecule has 1 aliphatic carbocycles. The zero-order valence-electron chi connectivity index (χ0n) is 14.8. The number of nitrogens with one attached hydrogen (secondary N) is 3. The van der Waals surface area contributed by atoms with E-state index in [0.717, 1.165) is 36.9 Å². The van der Waals surface area contributed by atoms with Gasteiger partial charge in [0, 0.05) is 18.3 Å². The number of hydrogen-bond acceptors (Lipinski definition) is 2. The lowest BCUT2D eigenvalue weighted by Crippen LogP contribution is -2.29. The summed E-state index contributed by atoms with van der Waals surface area (Å²) in [5.41, 5.74) is 2.94. The first-order valence-electron chi connectivity index (χ1n) is 9.16. The number of anilines is 1. The minimum absolute atomic E-state index is 0.0596. The predicted molar refractivity (Wildman–Crippen MR) is 103 cm³/mol. The fourth-order valence-corrected chi connectivity index (χ4v) is 2.71. The molecule has 0 spiro atoms. The smallest absolute Gasteiger partial charge is 0.319 e. The minimum atomic E-state index is -0.211. The van der Waals surface area contributed by atoms with Crippen LogP contribution >= 0.6 is 0 Å². The van der Waals surface area contributed by atoms with Crippen LogP contribution in [0.1, 0.15) is 30.4 Å². The third kappa shape index (κ3) is 6.24. The Balaban J connectivity index is 1.35. The van der Waals surface area contributed by atoms with E-state index in [1.165, 1.54) is 5.56 Å². The van der Waals surface area contributed by atoms with Crippen molar-refractivity contribution < 1.29 is 9.59 Å². The summed E-state index contributed by atoms with van der Waals surface area (Å²) in [7, 11) is 0. The van der Waals surface area contributed by atoms with Crippen LogP contribution in [-0.4, -0.2) is 24.5 Å². The first kappa shape index (κ1) is 18.0. The monoisotopic (exact) mass is 351 g/mol. The number of amides is 3. The third-order valence-corrected chi connectivity index (χ3v) is 4.29. The molecule has 0 atom stereocenters. The van der Waals surface area contributed by atoms with Gasteiger partial charge >= 0.3 is 6.03 Å². The molecule has 0 radical (unpaired) electrons. The summed E-state index contributed by atoms with van der Waals surface area (Å²) in [5, 5.41) is 8.65. The van der Waals surface area contributed by atoms with E-state index < -0.39 is 0 Å². The topological polar surface area (TPSA) is 70.2 Å². The SMILES string of the molecule is O=C(Cc1ccc(NC(=O)NCCCc2ccccc2)cc1)NC1CC1. The maximum Gasteiger partial charge on any atom is 0.319 e. The summed E-state index contributed by atoms with van der Waals surface area (Å²) in [6, 6.07) is 17.8. The highest BCUT2D eigenvalue weighted by molar-refractivity contribution is 5.89. The average Bonchev–Trinajstić information content (AvgIpc) is 3.45. The van der Waals surface area contributed by atoms with Gasteiger partial charge < -0.3 is 16.0 Å². The van der Waals surface area contributed by atoms with Gasteiger partial charge in [0.05, 0.1) is 6.42 Å². The molecular formula is C21H25N3O2. The van der Waals surface area contributed by atoms with Crippen molar-refractivity contribution >= 4 is 17.6 Å². The second kappa shape index (κ2) is 9.04. The van der Waals surface area contributed by atoms with E-state index >= 15 is 0 Å². The summed E-state index contributed by atoms with van der Waals surface area (Å²) >= 11 is 0. The maximum atomic E-state index is 11.9. The van der Waals surface area contributed by atoms with Crippen LogP contribution in [0.3, 0.4) is 0 Å². The number of carbonyl (C=O) groups excluding carboxylic acids is 2. The Bertz CT molecular complexity index is 725. The van der Waals surface area contributed by atoms with E-state index in [1.54, 1.807) is 0 Å². The van der Waals surface area contributed by atoms with Crippen molar-refractivity contribution in [2.75, 3.05) is 11.9 Å². The Morgan fingerprint density at radius 3 is 2.35 bits per heavy atom. The number of hydrogen-bond donors (Lipinski definition) is 3. The molecule has 0 aromatic heterocycles. The summed E-state index contributed by atoms with van der Waals surface area (Å²) < 4.78 is 0. The molecule has 3 amide bonds. The van der Waals surface area contributed by atoms with Crippen molar-refractivity contribution in [3.8, 4) is 0 Å². The van der Waals surface area contributed by atoms with Crippen molar-refractivity contribution in [3.05, 3.63) is 65.7 Å². The second-order valence-corrected chi connectivity index (χ2v) is 6.69. The van der Waals surface area contributed by atoms with Crippen LogP contribution in [0.15, 0.2) is 54.6 Å². The average molecular weight is 351 g/mol. The Morgan fingerprint density at radius 2 is 1.65 bits per heavy atom. The van der Waals surface area contributed by atoms with E-state index in [2.05, 4.69) is 28.1 Å². The number of benzene rings is 2. The zero-order valence-corrected chi connectivity index (χ0v) is 14.8. The fraction of sp³-hybridized carbons (Fsp3) is 0.333. The molecule has 0 saturated heterocycles. The molecule has 0 aliphatic heterocycles. The Hall–Kier alpha value is -2.82. The Labute approximate surface area is 154 Å². The van der Waals surface area contributed by atoms with Gasteiger partial charge in [-0.05, 0) is 48.9 Å². The van der Waals surface area contributed by atoms with E-state index in [4.69, 9.17) is 0 Å². The zero-order chi connectivity index (χ0) is 18.2. The van der Waals surface area contributed by atoms with Crippen molar-refractivity contribution in [3.63, 3.8) is 0 Å². The van der Waals surface area contributed by atoms with Gasteiger partial charge in [-0.1, -0.05) is 42.5 Å². The second-order valence-electron chi connectivity index (χ2n) is 6.69. The van der Waals surface area contributed by atoms with Gasteiger partial charge in [-0.25, -0.2) is 4.79 Å². The molecule has 1 aliphatic rings. The lowest BCUT2D eigenvalue weighted by molar-refractivity contribution is -0.120. The van der Waals surface area contributed by atoms with Crippen molar-refractivity contribution in [2.45, 2.75) is 38.1 Å². The number of carbonyl (C=O) groups is 2. The molecule has 2 aromatic rings. The lowest BCUT2D eigenvalue weighted by Gasteiger charge is -2.09. The quantitative estimate of drug-likeness (QED) is 0.639. The normalized spacial score (nSPS) is 13.1. The van der Waals surface area contributed by atoms with Crippen LogP contribution in [-0.2, 0) is 17.6 Å². The Kier molecular flexibility index (Phi) is 6.25. The van der Waals surface area contributed by atoms with E-state index in [0.29, 0.717) is 19.0 Å². The fourth-order valence-electron chi connectivity index (χ4n) is 2.71. The first-order chi connectivity index (χ1) is 12.7. The largest absolute Gasteiger partial charge is 0.353 e. The first-order valence-corrected chi connectivity index (χ1v) is 9.16. The van der Waals surface area contributed by atoms with Crippen molar-refractivity contribution in [1.29, 1.82) is 0 Å².